The minimum Gasteiger partial charge on any atom is -0.481 e. The maximum Gasteiger partial charge on any atom is 0.392 e. The van der Waals surface area contributed by atoms with E-state index in [2.05, 4.69) is 0 Å². The quantitative estimate of drug-likeness (QED) is 0.488. The largest absolute Gasteiger partial charge is 0.481 e. The fraction of sp³-hybridized carbons (Fsp3) is 0.632. The van der Waals surface area contributed by atoms with Crippen molar-refractivity contribution in [3.05, 3.63) is 35.6 Å². The Morgan fingerprint density at radius 2 is 1.74 bits per heavy atom. The van der Waals surface area contributed by atoms with Crippen molar-refractivity contribution >= 4 is 13.6 Å². The van der Waals surface area contributed by atoms with E-state index >= 15 is 0 Å². The minimum atomic E-state index is -3.52. The van der Waals surface area contributed by atoms with Gasteiger partial charge in [-0.3, -0.25) is 9.36 Å². The molecule has 0 aliphatic carbocycles. The Hall–Kier alpha value is -1.27. The molecule has 27 heavy (non-hydrogen) atoms. The second-order valence-corrected chi connectivity index (χ2v) is 9.09. The second-order valence-electron chi connectivity index (χ2n) is 6.94. The molecule has 154 valence electrons. The Kier molecular flexibility index (Phi) is 10.2. The van der Waals surface area contributed by atoms with Crippen molar-refractivity contribution in [2.24, 2.45) is 11.8 Å². The van der Waals surface area contributed by atoms with Crippen LogP contribution in [0.5, 0.6) is 0 Å². The lowest BCUT2D eigenvalue weighted by Gasteiger charge is -2.26. The highest BCUT2D eigenvalue weighted by atomic mass is 31.2. The third-order valence-electron chi connectivity index (χ3n) is 4.13. The fourth-order valence-corrected chi connectivity index (χ4v) is 5.20. The molecule has 2 unspecified atom stereocenters. The number of rotatable bonds is 13. The average molecular weight is 404 g/mol. The molecule has 0 spiro atoms. The van der Waals surface area contributed by atoms with E-state index in [9.17, 15) is 18.9 Å². The summed E-state index contributed by atoms with van der Waals surface area (Å²) in [5, 5.41) is 11.0. The van der Waals surface area contributed by atoms with E-state index in [0.717, 1.165) is 6.42 Å². The van der Waals surface area contributed by atoms with Crippen molar-refractivity contribution in [3.8, 4) is 0 Å². The van der Waals surface area contributed by atoms with Crippen molar-refractivity contribution in [2.75, 3.05) is 19.8 Å². The summed E-state index contributed by atoms with van der Waals surface area (Å²) in [6, 6.07) is 5.74. The van der Waals surface area contributed by atoms with Gasteiger partial charge >= 0.3 is 13.6 Å². The summed E-state index contributed by atoms with van der Waals surface area (Å²) in [6.07, 6.45) is 0.783. The lowest BCUT2D eigenvalue weighted by molar-refractivity contribution is -0.683. The molecule has 0 aliphatic rings. The lowest BCUT2D eigenvalue weighted by atomic mass is 9.94. The first-order chi connectivity index (χ1) is 12.7. The smallest absolute Gasteiger partial charge is 0.392 e. The van der Waals surface area contributed by atoms with Gasteiger partial charge < -0.3 is 19.5 Å². The minimum absolute atomic E-state index is 0.0401. The van der Waals surface area contributed by atoms with Gasteiger partial charge in [0.05, 0.1) is 26.2 Å². The first-order valence-corrected chi connectivity index (χ1v) is 11.0. The standard InChI is InChI=1S/C19H31FNO5P/c1-5-25-27(24,26-6-2)19(16-7-9-17(20)10-8-16)21-13-15(11-14(3)4)12-18(22)23/h7-10,14-15,19,21H,5-6,11-13H2,1-4H3,(H,22,23)/p+1. The van der Waals surface area contributed by atoms with Gasteiger partial charge in [0.15, 0.2) is 0 Å². The molecule has 3 N–H and O–H groups in total. The zero-order chi connectivity index (χ0) is 20.4. The molecule has 0 bridgehead atoms. The molecule has 1 aromatic carbocycles. The van der Waals surface area contributed by atoms with Crippen LogP contribution in [-0.4, -0.2) is 30.8 Å². The third-order valence-corrected chi connectivity index (χ3v) is 6.56. The Balaban J connectivity index is 3.10. The number of carboxylic acid groups (broad SMARTS) is 1. The van der Waals surface area contributed by atoms with E-state index in [1.807, 2.05) is 19.2 Å². The number of carbonyl (C=O) groups is 1. The predicted octanol–water partition coefficient (Wildman–Crippen LogP) is 3.79. The van der Waals surface area contributed by atoms with Crippen molar-refractivity contribution in [2.45, 2.75) is 46.3 Å². The normalized spacial score (nSPS) is 14.3. The van der Waals surface area contributed by atoms with Gasteiger partial charge in [-0.2, -0.15) is 0 Å². The molecule has 0 saturated carbocycles. The van der Waals surface area contributed by atoms with Gasteiger partial charge in [-0.15, -0.1) is 0 Å². The fourth-order valence-electron chi connectivity index (χ4n) is 3.16. The van der Waals surface area contributed by atoms with E-state index in [0.29, 0.717) is 18.0 Å². The molecule has 0 radical (unpaired) electrons. The van der Waals surface area contributed by atoms with Gasteiger partial charge in [0, 0.05) is 11.5 Å². The molecular formula is C19H32FNO5P+. The summed E-state index contributed by atoms with van der Waals surface area (Å²) in [7, 11) is -3.52. The molecule has 8 heteroatoms. The number of benzene rings is 1. The second kappa shape index (κ2) is 11.5. The highest BCUT2D eigenvalue weighted by molar-refractivity contribution is 7.53. The van der Waals surface area contributed by atoms with Crippen LogP contribution >= 0.6 is 7.60 Å². The molecule has 0 heterocycles. The third kappa shape index (κ3) is 8.09. The predicted molar refractivity (Wildman–Crippen MR) is 102 cm³/mol. The van der Waals surface area contributed by atoms with Crippen molar-refractivity contribution in [1.29, 1.82) is 0 Å². The topological polar surface area (TPSA) is 89.4 Å². The van der Waals surface area contributed by atoms with E-state index in [-0.39, 0.29) is 31.4 Å². The van der Waals surface area contributed by atoms with E-state index < -0.39 is 19.3 Å². The van der Waals surface area contributed by atoms with Crippen LogP contribution in [0.2, 0.25) is 0 Å². The Morgan fingerprint density at radius 1 is 1.19 bits per heavy atom. The van der Waals surface area contributed by atoms with Gasteiger partial charge in [-0.1, -0.05) is 13.8 Å². The number of hydrogen-bond acceptors (Lipinski definition) is 4. The van der Waals surface area contributed by atoms with Gasteiger partial charge in [0.1, 0.15) is 5.82 Å². The molecular weight excluding hydrogens is 372 g/mol. The monoisotopic (exact) mass is 404 g/mol. The number of halogens is 1. The van der Waals surface area contributed by atoms with Gasteiger partial charge in [-0.25, -0.2) is 4.39 Å². The zero-order valence-electron chi connectivity index (χ0n) is 16.6. The average Bonchev–Trinajstić information content (AvgIpc) is 2.55. The molecule has 1 rings (SSSR count). The van der Waals surface area contributed by atoms with Crippen LogP contribution in [0.25, 0.3) is 0 Å². The molecule has 0 fully saturated rings. The summed E-state index contributed by atoms with van der Waals surface area (Å²) in [5.74, 6) is -1.66. The summed E-state index contributed by atoms with van der Waals surface area (Å²) in [4.78, 5) is 11.2. The summed E-state index contributed by atoms with van der Waals surface area (Å²) in [6.45, 7) is 8.44. The Bertz CT molecular complexity index is 613. The van der Waals surface area contributed by atoms with Crippen LogP contribution < -0.4 is 5.32 Å². The molecule has 0 aliphatic heterocycles. The molecule has 6 nitrogen and oxygen atoms in total. The SMILES string of the molecule is CCOP(=O)(OCC)C([NH2+]CC(CC(=O)O)CC(C)C)c1ccc(F)cc1. The van der Waals surface area contributed by atoms with E-state index in [1.165, 1.54) is 12.1 Å². The summed E-state index contributed by atoms with van der Waals surface area (Å²) < 4.78 is 37.7. The van der Waals surface area contributed by atoms with E-state index in [4.69, 9.17) is 9.05 Å². The van der Waals surface area contributed by atoms with Crippen LogP contribution in [0.1, 0.15) is 51.9 Å². The Labute approximate surface area is 161 Å². The van der Waals surface area contributed by atoms with Crippen LogP contribution in [0.15, 0.2) is 24.3 Å². The first kappa shape index (κ1) is 23.8. The Morgan fingerprint density at radius 3 is 2.19 bits per heavy atom. The van der Waals surface area contributed by atoms with Crippen LogP contribution in [0.3, 0.4) is 0 Å². The summed E-state index contributed by atoms with van der Waals surface area (Å²) >= 11 is 0. The van der Waals surface area contributed by atoms with Crippen molar-refractivity contribution in [3.63, 3.8) is 0 Å². The molecule has 0 saturated heterocycles. The van der Waals surface area contributed by atoms with Crippen molar-refractivity contribution in [1.82, 2.24) is 0 Å². The zero-order valence-corrected chi connectivity index (χ0v) is 17.5. The van der Waals surface area contributed by atoms with Crippen LogP contribution in [0.4, 0.5) is 4.39 Å². The molecule has 2 atom stereocenters. The van der Waals surface area contributed by atoms with Crippen LogP contribution in [-0.2, 0) is 18.4 Å². The number of aliphatic carboxylic acids is 1. The van der Waals surface area contributed by atoms with Gasteiger partial charge in [0.2, 0.25) is 5.78 Å². The molecule has 0 amide bonds. The molecule has 1 aromatic rings. The summed E-state index contributed by atoms with van der Waals surface area (Å²) in [5.41, 5.74) is 0.625. The van der Waals surface area contributed by atoms with E-state index in [1.54, 1.807) is 26.0 Å². The number of carboxylic acids is 1. The lowest BCUT2D eigenvalue weighted by Crippen LogP contribution is -2.86. The van der Waals surface area contributed by atoms with Gasteiger partial charge in [0.25, 0.3) is 0 Å². The van der Waals surface area contributed by atoms with Crippen molar-refractivity contribution < 1.29 is 33.2 Å². The number of quaternary nitrogens is 1. The number of hydrogen-bond donors (Lipinski definition) is 2. The first-order valence-electron chi connectivity index (χ1n) is 9.41. The maximum atomic E-state index is 13.4. The van der Waals surface area contributed by atoms with Crippen LogP contribution in [0, 0.1) is 17.7 Å². The maximum absolute atomic E-state index is 13.4. The van der Waals surface area contributed by atoms with Gasteiger partial charge in [-0.05, 0) is 50.5 Å². The highest BCUT2D eigenvalue weighted by Gasteiger charge is 2.40. The molecule has 0 aromatic heterocycles. The highest BCUT2D eigenvalue weighted by Crippen LogP contribution is 2.57. The number of nitrogens with two attached hydrogens (primary N) is 1.